The quantitative estimate of drug-likeness (QED) is 0.604. The number of rotatable bonds is 4. The van der Waals surface area contributed by atoms with Crippen LogP contribution >= 0.6 is 39.9 Å². The normalized spacial score (nSPS) is 9.91. The van der Waals surface area contributed by atoms with Crippen molar-refractivity contribution in [3.05, 3.63) is 58.9 Å². The zero-order chi connectivity index (χ0) is 14.7. The minimum absolute atomic E-state index is 0. The maximum atomic E-state index is 5.90. The molecule has 22 heavy (non-hydrogen) atoms. The maximum absolute atomic E-state index is 5.90. The summed E-state index contributed by atoms with van der Waals surface area (Å²) in [5.41, 5.74) is 2.93. The molecule has 0 fully saturated rings. The zero-order valence-corrected chi connectivity index (χ0v) is 15.0. The molecule has 114 valence electrons. The molecule has 3 nitrogen and oxygen atoms in total. The van der Waals surface area contributed by atoms with E-state index in [-0.39, 0.29) is 17.0 Å². The number of nitrogens with one attached hydrogen (secondary N) is 1. The second kappa shape index (κ2) is 7.63. The number of methoxy groups -OCH3 is 1. The van der Waals surface area contributed by atoms with E-state index in [1.807, 2.05) is 53.9 Å². The van der Waals surface area contributed by atoms with Crippen LogP contribution in [0.25, 0.3) is 11.3 Å². The molecule has 0 unspecified atom stereocenters. The molecule has 0 spiro atoms. The third kappa shape index (κ3) is 4.00. The van der Waals surface area contributed by atoms with Gasteiger partial charge in [0.25, 0.3) is 0 Å². The number of ether oxygens (including phenoxy) is 1. The van der Waals surface area contributed by atoms with Gasteiger partial charge >= 0.3 is 0 Å². The van der Waals surface area contributed by atoms with Gasteiger partial charge in [-0.2, -0.15) is 0 Å². The van der Waals surface area contributed by atoms with Crippen LogP contribution in [0.4, 0.5) is 10.8 Å². The molecule has 0 aliphatic carbocycles. The fourth-order valence-corrected chi connectivity index (χ4v) is 2.77. The Morgan fingerprint density at radius 3 is 2.64 bits per heavy atom. The Hall–Kier alpha value is -1.56. The van der Waals surface area contributed by atoms with Crippen molar-refractivity contribution >= 4 is 50.7 Å². The Balaban J connectivity index is 0.00000176. The number of anilines is 2. The van der Waals surface area contributed by atoms with Gasteiger partial charge in [0.05, 0.1) is 12.8 Å². The molecule has 0 saturated heterocycles. The van der Waals surface area contributed by atoms with Crippen molar-refractivity contribution in [1.82, 2.24) is 4.98 Å². The summed E-state index contributed by atoms with van der Waals surface area (Å²) >= 11 is 7.46. The van der Waals surface area contributed by atoms with E-state index in [9.17, 15) is 0 Å². The van der Waals surface area contributed by atoms with Crippen LogP contribution in [0.5, 0.6) is 5.75 Å². The molecule has 0 atom stereocenters. The van der Waals surface area contributed by atoms with Gasteiger partial charge in [0, 0.05) is 27.7 Å². The largest absolute Gasteiger partial charge is 0.497 e. The fourth-order valence-electron chi connectivity index (χ4n) is 1.91. The van der Waals surface area contributed by atoms with Crippen molar-refractivity contribution in [1.29, 1.82) is 0 Å². The predicted molar refractivity (Wildman–Crippen MR) is 99.2 cm³/mol. The fraction of sp³-hybridized carbons (Fsp3) is 0.0625. The molecular weight excluding hydrogens is 384 g/mol. The van der Waals surface area contributed by atoms with E-state index >= 15 is 0 Å². The summed E-state index contributed by atoms with van der Waals surface area (Å²) in [6, 6.07) is 15.4. The van der Waals surface area contributed by atoms with E-state index in [4.69, 9.17) is 16.3 Å². The minimum Gasteiger partial charge on any atom is -0.497 e. The molecule has 0 aliphatic rings. The average molecular weight is 398 g/mol. The van der Waals surface area contributed by atoms with Gasteiger partial charge in [0.2, 0.25) is 0 Å². The third-order valence-electron chi connectivity index (χ3n) is 2.97. The summed E-state index contributed by atoms with van der Waals surface area (Å²) in [6.07, 6.45) is 0. The molecule has 0 aliphatic heterocycles. The molecular formula is C16H14BrClN2OS. The highest BCUT2D eigenvalue weighted by molar-refractivity contribution is 8.93. The minimum atomic E-state index is 0. The Labute approximate surface area is 148 Å². The van der Waals surface area contributed by atoms with Gasteiger partial charge in [-0.1, -0.05) is 29.8 Å². The van der Waals surface area contributed by atoms with Crippen LogP contribution in [0.1, 0.15) is 0 Å². The first-order valence-electron chi connectivity index (χ1n) is 6.37. The smallest absolute Gasteiger partial charge is 0.187 e. The number of aromatic nitrogens is 1. The van der Waals surface area contributed by atoms with Gasteiger partial charge in [-0.15, -0.1) is 28.3 Å². The van der Waals surface area contributed by atoms with Crippen LogP contribution < -0.4 is 10.1 Å². The predicted octanol–water partition coefficient (Wildman–Crippen LogP) is 5.79. The standard InChI is InChI=1S/C16H13ClN2OS.BrH/c1-20-14-4-2-3-13(9-14)18-16-19-15(10-21-16)11-5-7-12(17)8-6-11;/h2-10H,1H3,(H,18,19);1H. The lowest BCUT2D eigenvalue weighted by Crippen LogP contribution is -1.90. The number of hydrogen-bond donors (Lipinski definition) is 1. The number of hydrogen-bond acceptors (Lipinski definition) is 4. The highest BCUT2D eigenvalue weighted by Crippen LogP contribution is 2.28. The molecule has 0 amide bonds. The van der Waals surface area contributed by atoms with Gasteiger partial charge in [-0.25, -0.2) is 4.98 Å². The summed E-state index contributed by atoms with van der Waals surface area (Å²) in [6.45, 7) is 0. The number of nitrogens with zero attached hydrogens (tertiary/aromatic N) is 1. The lowest BCUT2D eigenvalue weighted by atomic mass is 10.2. The van der Waals surface area contributed by atoms with Crippen molar-refractivity contribution in [3.8, 4) is 17.0 Å². The van der Waals surface area contributed by atoms with Gasteiger partial charge in [0.1, 0.15) is 5.75 Å². The molecule has 1 aromatic heterocycles. The Kier molecular flexibility index (Phi) is 5.83. The molecule has 3 aromatic rings. The van der Waals surface area contributed by atoms with E-state index < -0.39 is 0 Å². The molecule has 0 bridgehead atoms. The van der Waals surface area contributed by atoms with Crippen LogP contribution in [0.3, 0.4) is 0 Å². The Morgan fingerprint density at radius 2 is 1.91 bits per heavy atom. The maximum Gasteiger partial charge on any atom is 0.187 e. The van der Waals surface area contributed by atoms with Gasteiger partial charge in [-0.3, -0.25) is 0 Å². The molecule has 2 aromatic carbocycles. The van der Waals surface area contributed by atoms with Crippen LogP contribution in [0.2, 0.25) is 5.02 Å². The summed E-state index contributed by atoms with van der Waals surface area (Å²) in [7, 11) is 1.65. The van der Waals surface area contributed by atoms with Crippen molar-refractivity contribution < 1.29 is 4.74 Å². The molecule has 0 saturated carbocycles. The average Bonchev–Trinajstić information content (AvgIpc) is 2.96. The number of benzene rings is 2. The van der Waals surface area contributed by atoms with Gasteiger partial charge in [-0.05, 0) is 24.3 Å². The first-order valence-corrected chi connectivity index (χ1v) is 7.63. The second-order valence-corrected chi connectivity index (χ2v) is 5.70. The molecule has 0 radical (unpaired) electrons. The second-order valence-electron chi connectivity index (χ2n) is 4.40. The molecule has 1 N–H and O–H groups in total. The Morgan fingerprint density at radius 1 is 1.14 bits per heavy atom. The first kappa shape index (κ1) is 16.8. The van der Waals surface area contributed by atoms with Crippen LogP contribution in [0, 0.1) is 0 Å². The van der Waals surface area contributed by atoms with Crippen LogP contribution in [0.15, 0.2) is 53.9 Å². The molecule has 6 heteroatoms. The van der Waals surface area contributed by atoms with Crippen LogP contribution in [-0.4, -0.2) is 12.1 Å². The van der Waals surface area contributed by atoms with Crippen molar-refractivity contribution in [2.45, 2.75) is 0 Å². The summed E-state index contributed by atoms with van der Waals surface area (Å²) in [4.78, 5) is 4.58. The summed E-state index contributed by atoms with van der Waals surface area (Å²) in [5.74, 6) is 0.814. The highest BCUT2D eigenvalue weighted by Gasteiger charge is 2.05. The number of halogens is 2. The van der Waals surface area contributed by atoms with E-state index in [0.717, 1.165) is 32.8 Å². The summed E-state index contributed by atoms with van der Waals surface area (Å²) < 4.78 is 5.21. The van der Waals surface area contributed by atoms with Crippen molar-refractivity contribution in [2.75, 3.05) is 12.4 Å². The summed E-state index contributed by atoms with van der Waals surface area (Å²) in [5, 5.41) is 6.87. The lowest BCUT2D eigenvalue weighted by Gasteiger charge is -2.04. The van der Waals surface area contributed by atoms with Gasteiger partial charge < -0.3 is 10.1 Å². The van der Waals surface area contributed by atoms with E-state index in [1.165, 1.54) is 0 Å². The zero-order valence-electron chi connectivity index (χ0n) is 11.7. The third-order valence-corrected chi connectivity index (χ3v) is 3.97. The van der Waals surface area contributed by atoms with E-state index in [0.29, 0.717) is 0 Å². The van der Waals surface area contributed by atoms with Crippen molar-refractivity contribution in [2.24, 2.45) is 0 Å². The highest BCUT2D eigenvalue weighted by atomic mass is 79.9. The topological polar surface area (TPSA) is 34.1 Å². The monoisotopic (exact) mass is 396 g/mol. The van der Waals surface area contributed by atoms with Crippen LogP contribution in [-0.2, 0) is 0 Å². The van der Waals surface area contributed by atoms with Gasteiger partial charge in [0.15, 0.2) is 5.13 Å². The first-order chi connectivity index (χ1) is 10.2. The Bertz CT molecular complexity index is 746. The number of thiazole rings is 1. The lowest BCUT2D eigenvalue weighted by molar-refractivity contribution is 0.415. The molecule has 3 rings (SSSR count). The van der Waals surface area contributed by atoms with E-state index in [1.54, 1.807) is 18.4 Å². The van der Waals surface area contributed by atoms with Crippen molar-refractivity contribution in [3.63, 3.8) is 0 Å². The van der Waals surface area contributed by atoms with E-state index in [2.05, 4.69) is 10.3 Å². The molecule has 1 heterocycles. The SMILES string of the molecule is Br.COc1cccc(Nc2nc(-c3ccc(Cl)cc3)cs2)c1.